The summed E-state index contributed by atoms with van der Waals surface area (Å²) in [7, 11) is -1.21. The summed E-state index contributed by atoms with van der Waals surface area (Å²) >= 11 is 0. The SMILES string of the molecule is CCc1nc(NC)c(C)c(NC(C)CS(C)(=O)=O)n1. The lowest BCUT2D eigenvalue weighted by Crippen LogP contribution is -2.26. The van der Waals surface area contributed by atoms with E-state index in [1.165, 1.54) is 6.26 Å². The van der Waals surface area contributed by atoms with Crippen molar-refractivity contribution in [3.8, 4) is 0 Å². The van der Waals surface area contributed by atoms with Crippen molar-refractivity contribution < 1.29 is 8.42 Å². The molecule has 0 aliphatic rings. The summed E-state index contributed by atoms with van der Waals surface area (Å²) in [6, 6.07) is -0.196. The molecule has 0 aliphatic heterocycles. The van der Waals surface area contributed by atoms with E-state index in [0.29, 0.717) is 5.82 Å². The Balaban J connectivity index is 3.00. The normalized spacial score (nSPS) is 13.1. The van der Waals surface area contributed by atoms with Crippen molar-refractivity contribution in [2.75, 3.05) is 29.7 Å². The summed E-state index contributed by atoms with van der Waals surface area (Å²) < 4.78 is 22.6. The third-order valence-corrected chi connectivity index (χ3v) is 3.79. The van der Waals surface area contributed by atoms with Gasteiger partial charge in [-0.05, 0) is 13.8 Å². The number of aromatic nitrogens is 2. The molecule has 19 heavy (non-hydrogen) atoms. The number of aryl methyl sites for hydroxylation is 1. The minimum absolute atomic E-state index is 0.0762. The Morgan fingerprint density at radius 3 is 2.32 bits per heavy atom. The van der Waals surface area contributed by atoms with Crippen LogP contribution in [0.15, 0.2) is 0 Å². The second-order valence-electron chi connectivity index (χ2n) is 4.70. The molecule has 0 aromatic carbocycles. The summed E-state index contributed by atoms with van der Waals surface area (Å²) in [5.74, 6) is 2.25. The standard InChI is InChI=1S/C12H22N4O2S/c1-6-10-15-11(13-4)9(3)12(16-10)14-8(2)7-19(5,17)18/h8H,6-7H2,1-5H3,(H2,13,14,15,16). The van der Waals surface area contributed by atoms with Crippen molar-refractivity contribution >= 4 is 21.5 Å². The van der Waals surface area contributed by atoms with Crippen molar-refractivity contribution in [3.05, 3.63) is 11.4 Å². The fraction of sp³-hybridized carbons (Fsp3) is 0.667. The smallest absolute Gasteiger partial charge is 0.149 e. The average Bonchev–Trinajstić information content (AvgIpc) is 2.29. The molecule has 1 aromatic heterocycles. The molecule has 108 valence electrons. The predicted octanol–water partition coefficient (Wildman–Crippen LogP) is 1.23. The Bertz CT molecular complexity index is 543. The first-order valence-electron chi connectivity index (χ1n) is 6.26. The predicted molar refractivity (Wildman–Crippen MR) is 78.5 cm³/mol. The topological polar surface area (TPSA) is 84.0 Å². The molecule has 0 amide bonds. The molecule has 1 unspecified atom stereocenters. The highest BCUT2D eigenvalue weighted by Crippen LogP contribution is 2.20. The molecule has 0 radical (unpaired) electrons. The Hall–Kier alpha value is -1.37. The van der Waals surface area contributed by atoms with Gasteiger partial charge in [0.1, 0.15) is 27.3 Å². The number of rotatable bonds is 6. The van der Waals surface area contributed by atoms with Crippen LogP contribution in [0.5, 0.6) is 0 Å². The molecule has 0 fully saturated rings. The van der Waals surface area contributed by atoms with Gasteiger partial charge in [-0.1, -0.05) is 6.92 Å². The van der Waals surface area contributed by atoms with Crippen molar-refractivity contribution in [1.29, 1.82) is 0 Å². The first-order chi connectivity index (χ1) is 8.76. The molecule has 0 saturated carbocycles. The van der Waals surface area contributed by atoms with Crippen LogP contribution in [-0.2, 0) is 16.3 Å². The molecule has 1 aromatic rings. The lowest BCUT2D eigenvalue weighted by molar-refractivity contribution is 0.598. The van der Waals surface area contributed by atoms with E-state index in [-0.39, 0.29) is 11.8 Å². The summed E-state index contributed by atoms with van der Waals surface area (Å²) in [5.41, 5.74) is 0.889. The Morgan fingerprint density at radius 2 is 1.84 bits per heavy atom. The van der Waals surface area contributed by atoms with E-state index in [1.807, 2.05) is 20.8 Å². The average molecular weight is 286 g/mol. The maximum absolute atomic E-state index is 11.3. The zero-order chi connectivity index (χ0) is 14.6. The number of nitrogens with one attached hydrogen (secondary N) is 2. The van der Waals surface area contributed by atoms with Gasteiger partial charge in [0.25, 0.3) is 0 Å². The maximum Gasteiger partial charge on any atom is 0.149 e. The Morgan fingerprint density at radius 1 is 1.26 bits per heavy atom. The van der Waals surface area contributed by atoms with Crippen LogP contribution < -0.4 is 10.6 Å². The van der Waals surface area contributed by atoms with E-state index < -0.39 is 9.84 Å². The van der Waals surface area contributed by atoms with Gasteiger partial charge in [-0.2, -0.15) is 0 Å². The van der Waals surface area contributed by atoms with Gasteiger partial charge in [-0.15, -0.1) is 0 Å². The maximum atomic E-state index is 11.3. The second-order valence-corrected chi connectivity index (χ2v) is 6.89. The van der Waals surface area contributed by atoms with E-state index in [2.05, 4.69) is 20.6 Å². The third kappa shape index (κ3) is 4.66. The molecule has 0 aliphatic carbocycles. The van der Waals surface area contributed by atoms with Crippen molar-refractivity contribution in [2.24, 2.45) is 0 Å². The van der Waals surface area contributed by atoms with Gasteiger partial charge in [0.05, 0.1) is 5.75 Å². The quantitative estimate of drug-likeness (QED) is 0.818. The highest BCUT2D eigenvalue weighted by molar-refractivity contribution is 7.90. The summed E-state index contributed by atoms with van der Waals surface area (Å²) in [4.78, 5) is 8.78. The molecule has 0 spiro atoms. The van der Waals surface area contributed by atoms with Crippen molar-refractivity contribution in [1.82, 2.24) is 9.97 Å². The zero-order valence-corrected chi connectivity index (χ0v) is 12.9. The van der Waals surface area contributed by atoms with E-state index in [1.54, 1.807) is 7.05 Å². The van der Waals surface area contributed by atoms with Crippen LogP contribution in [0.25, 0.3) is 0 Å². The molecule has 7 heteroatoms. The number of hydrogen-bond acceptors (Lipinski definition) is 6. The van der Waals surface area contributed by atoms with Crippen molar-refractivity contribution in [2.45, 2.75) is 33.2 Å². The first-order valence-corrected chi connectivity index (χ1v) is 8.32. The third-order valence-electron chi connectivity index (χ3n) is 2.68. The van der Waals surface area contributed by atoms with Gasteiger partial charge in [0, 0.05) is 31.3 Å². The molecule has 1 atom stereocenters. The van der Waals surface area contributed by atoms with E-state index in [4.69, 9.17) is 0 Å². The highest BCUT2D eigenvalue weighted by atomic mass is 32.2. The van der Waals surface area contributed by atoms with Crippen molar-refractivity contribution in [3.63, 3.8) is 0 Å². The molecule has 1 rings (SSSR count). The Kier molecular flexibility index (Phi) is 5.11. The second kappa shape index (κ2) is 6.18. The van der Waals surface area contributed by atoms with E-state index in [0.717, 1.165) is 23.6 Å². The van der Waals surface area contributed by atoms with Crippen LogP contribution in [0.3, 0.4) is 0 Å². The largest absolute Gasteiger partial charge is 0.373 e. The molecule has 1 heterocycles. The molecule has 2 N–H and O–H groups in total. The zero-order valence-electron chi connectivity index (χ0n) is 12.1. The van der Waals surface area contributed by atoms with E-state index >= 15 is 0 Å². The number of nitrogens with zero attached hydrogens (tertiary/aromatic N) is 2. The molecule has 6 nitrogen and oxygen atoms in total. The van der Waals surface area contributed by atoms with Crippen LogP contribution in [0.2, 0.25) is 0 Å². The lowest BCUT2D eigenvalue weighted by atomic mass is 10.2. The van der Waals surface area contributed by atoms with Crippen LogP contribution >= 0.6 is 0 Å². The van der Waals surface area contributed by atoms with Crippen LogP contribution in [0.4, 0.5) is 11.6 Å². The highest BCUT2D eigenvalue weighted by Gasteiger charge is 2.14. The number of anilines is 2. The molecular formula is C12H22N4O2S. The molecule has 0 saturated heterocycles. The van der Waals surface area contributed by atoms with Gasteiger partial charge < -0.3 is 10.6 Å². The molecular weight excluding hydrogens is 264 g/mol. The van der Waals surface area contributed by atoms with Gasteiger partial charge >= 0.3 is 0 Å². The minimum Gasteiger partial charge on any atom is -0.373 e. The monoisotopic (exact) mass is 286 g/mol. The van der Waals surface area contributed by atoms with Gasteiger partial charge in [0.2, 0.25) is 0 Å². The lowest BCUT2D eigenvalue weighted by Gasteiger charge is -2.17. The molecule has 0 bridgehead atoms. The van der Waals surface area contributed by atoms with Gasteiger partial charge in [-0.3, -0.25) is 0 Å². The minimum atomic E-state index is -3.01. The first kappa shape index (κ1) is 15.7. The Labute approximate surface area is 115 Å². The summed E-state index contributed by atoms with van der Waals surface area (Å²) in [6.07, 6.45) is 1.96. The van der Waals surface area contributed by atoms with Gasteiger partial charge in [0.15, 0.2) is 0 Å². The fourth-order valence-corrected chi connectivity index (χ4v) is 2.83. The van der Waals surface area contributed by atoms with E-state index in [9.17, 15) is 8.42 Å². The van der Waals surface area contributed by atoms with Gasteiger partial charge in [-0.25, -0.2) is 18.4 Å². The summed E-state index contributed by atoms with van der Waals surface area (Å²) in [6.45, 7) is 5.71. The van der Waals surface area contributed by atoms with Crippen LogP contribution in [0.1, 0.15) is 25.2 Å². The number of hydrogen-bond donors (Lipinski definition) is 2. The van der Waals surface area contributed by atoms with Crippen LogP contribution in [-0.4, -0.2) is 43.5 Å². The fourth-order valence-electron chi connectivity index (χ4n) is 1.83. The van der Waals surface area contributed by atoms with Crippen LogP contribution in [0, 0.1) is 6.92 Å². The summed E-state index contributed by atoms with van der Waals surface area (Å²) in [5, 5.41) is 6.17. The number of sulfone groups is 1.